The molecule has 1 aliphatic rings. The van der Waals surface area contributed by atoms with Crippen molar-refractivity contribution in [3.05, 3.63) is 36.4 Å². The molecule has 1 aromatic rings. The zero-order chi connectivity index (χ0) is 13.1. The molecule has 18 heavy (non-hydrogen) atoms. The van der Waals surface area contributed by atoms with Gasteiger partial charge in [-0.05, 0) is 12.1 Å². The molecule has 1 unspecified atom stereocenters. The Morgan fingerprint density at radius 3 is 2.94 bits per heavy atom. The van der Waals surface area contributed by atoms with E-state index >= 15 is 0 Å². The van der Waals surface area contributed by atoms with Crippen LogP contribution in [0.5, 0.6) is 5.75 Å². The molecule has 4 heteroatoms. The maximum atomic E-state index is 11.9. The van der Waals surface area contributed by atoms with Gasteiger partial charge in [-0.1, -0.05) is 6.08 Å². The van der Waals surface area contributed by atoms with Crippen molar-refractivity contribution in [2.75, 3.05) is 18.6 Å². The Labute approximate surface area is 106 Å². The molecule has 4 nitrogen and oxygen atoms in total. The lowest BCUT2D eigenvalue weighted by atomic mass is 10.1. The Kier molecular flexibility index (Phi) is 3.33. The quantitative estimate of drug-likeness (QED) is 0.763. The summed E-state index contributed by atoms with van der Waals surface area (Å²) >= 11 is 0. The van der Waals surface area contributed by atoms with E-state index in [2.05, 4.69) is 12.6 Å². The summed E-state index contributed by atoms with van der Waals surface area (Å²) in [5.74, 6) is 0.785. The number of hydrogen-bond acceptors (Lipinski definition) is 3. The van der Waals surface area contributed by atoms with Gasteiger partial charge in [-0.15, -0.1) is 6.58 Å². The van der Waals surface area contributed by atoms with E-state index in [4.69, 9.17) is 10.00 Å². The van der Waals surface area contributed by atoms with E-state index in [1.165, 1.54) is 7.11 Å². The van der Waals surface area contributed by atoms with Crippen molar-refractivity contribution in [2.24, 2.45) is 5.92 Å². The molecule has 1 heterocycles. The predicted octanol–water partition coefficient (Wildman–Crippen LogP) is 2.11. The van der Waals surface area contributed by atoms with Crippen LogP contribution in [0.1, 0.15) is 12.0 Å². The summed E-state index contributed by atoms with van der Waals surface area (Å²) in [6.07, 6.45) is 2.28. The summed E-state index contributed by atoms with van der Waals surface area (Å²) in [6.45, 7) is 4.34. The fraction of sp³-hybridized carbons (Fsp3) is 0.286. The van der Waals surface area contributed by atoms with Crippen LogP contribution in [-0.2, 0) is 4.79 Å². The average Bonchev–Trinajstić information content (AvgIpc) is 2.79. The first-order valence-electron chi connectivity index (χ1n) is 5.70. The molecule has 92 valence electrons. The van der Waals surface area contributed by atoms with E-state index in [1.54, 1.807) is 29.2 Å². The lowest BCUT2D eigenvalue weighted by Crippen LogP contribution is -2.24. The summed E-state index contributed by atoms with van der Waals surface area (Å²) in [5.41, 5.74) is 1.23. The normalized spacial score (nSPS) is 18.6. The number of methoxy groups -OCH3 is 1. The minimum atomic E-state index is 0.0582. The number of benzene rings is 1. The van der Waals surface area contributed by atoms with E-state index in [0.717, 1.165) is 0 Å². The summed E-state index contributed by atoms with van der Waals surface area (Å²) in [6, 6.07) is 7.13. The van der Waals surface area contributed by atoms with Crippen LogP contribution in [0, 0.1) is 17.2 Å². The summed E-state index contributed by atoms with van der Waals surface area (Å²) in [7, 11) is 1.53. The molecule has 1 fully saturated rings. The molecule has 0 aromatic heterocycles. The predicted molar refractivity (Wildman–Crippen MR) is 68.4 cm³/mol. The van der Waals surface area contributed by atoms with Gasteiger partial charge in [-0.2, -0.15) is 5.26 Å². The van der Waals surface area contributed by atoms with Crippen molar-refractivity contribution in [3.63, 3.8) is 0 Å². The molecular weight excluding hydrogens is 228 g/mol. The highest BCUT2D eigenvalue weighted by molar-refractivity contribution is 5.97. The minimum absolute atomic E-state index is 0.0582. The van der Waals surface area contributed by atoms with Gasteiger partial charge < -0.3 is 9.64 Å². The van der Waals surface area contributed by atoms with Crippen LogP contribution >= 0.6 is 0 Å². The largest absolute Gasteiger partial charge is 0.495 e. The summed E-state index contributed by atoms with van der Waals surface area (Å²) in [5, 5.41) is 8.85. The number of amides is 1. The smallest absolute Gasteiger partial charge is 0.227 e. The molecule has 1 atom stereocenters. The molecule has 1 saturated heterocycles. The molecule has 0 aliphatic carbocycles. The third kappa shape index (κ3) is 2.07. The van der Waals surface area contributed by atoms with Gasteiger partial charge in [0.05, 0.1) is 24.4 Å². The van der Waals surface area contributed by atoms with Crippen LogP contribution in [0.15, 0.2) is 30.9 Å². The Bertz CT molecular complexity index is 531. The van der Waals surface area contributed by atoms with E-state index in [-0.39, 0.29) is 11.8 Å². The Balaban J connectivity index is 2.37. The lowest BCUT2D eigenvalue weighted by Gasteiger charge is -2.19. The van der Waals surface area contributed by atoms with E-state index in [1.807, 2.05) is 0 Å². The van der Waals surface area contributed by atoms with Crippen molar-refractivity contribution in [1.82, 2.24) is 0 Å². The fourth-order valence-corrected chi connectivity index (χ4v) is 2.10. The number of nitriles is 1. The van der Waals surface area contributed by atoms with E-state index < -0.39 is 0 Å². The maximum absolute atomic E-state index is 11.9. The highest BCUT2D eigenvalue weighted by Crippen LogP contribution is 2.33. The van der Waals surface area contributed by atoms with Gasteiger partial charge in [0.25, 0.3) is 0 Å². The Hall–Kier alpha value is -2.28. The zero-order valence-electron chi connectivity index (χ0n) is 10.2. The Morgan fingerprint density at radius 1 is 1.61 bits per heavy atom. The standard InChI is InChI=1S/C14H14N2O2/c1-3-10-7-14(17)16(9-10)12-5-4-11(8-15)6-13(12)18-2/h3-6,10H,1,7,9H2,2H3. The van der Waals surface area contributed by atoms with Crippen LogP contribution in [-0.4, -0.2) is 19.6 Å². The van der Waals surface area contributed by atoms with Crippen LogP contribution < -0.4 is 9.64 Å². The van der Waals surface area contributed by atoms with Gasteiger partial charge >= 0.3 is 0 Å². The van der Waals surface area contributed by atoms with Gasteiger partial charge in [-0.3, -0.25) is 4.79 Å². The first-order chi connectivity index (χ1) is 8.69. The molecule has 1 amide bonds. The molecule has 0 bridgehead atoms. The second kappa shape index (κ2) is 4.92. The Morgan fingerprint density at radius 2 is 2.39 bits per heavy atom. The summed E-state index contributed by atoms with van der Waals surface area (Å²) in [4.78, 5) is 13.6. The third-order valence-electron chi connectivity index (χ3n) is 3.09. The number of carbonyl (C=O) groups is 1. The van der Waals surface area contributed by atoms with Crippen molar-refractivity contribution < 1.29 is 9.53 Å². The van der Waals surface area contributed by atoms with Crippen LogP contribution in [0.25, 0.3) is 0 Å². The van der Waals surface area contributed by atoms with Crippen molar-refractivity contribution >= 4 is 11.6 Å². The number of rotatable bonds is 3. The molecule has 0 saturated carbocycles. The third-order valence-corrected chi connectivity index (χ3v) is 3.09. The van der Waals surface area contributed by atoms with Gasteiger partial charge in [0.1, 0.15) is 5.75 Å². The summed E-state index contributed by atoms with van der Waals surface area (Å²) < 4.78 is 5.25. The number of hydrogen-bond donors (Lipinski definition) is 0. The highest BCUT2D eigenvalue weighted by Gasteiger charge is 2.30. The zero-order valence-corrected chi connectivity index (χ0v) is 10.2. The van der Waals surface area contributed by atoms with Gasteiger partial charge in [0, 0.05) is 24.9 Å². The second-order valence-corrected chi connectivity index (χ2v) is 4.20. The highest BCUT2D eigenvalue weighted by atomic mass is 16.5. The van der Waals surface area contributed by atoms with Crippen LogP contribution in [0.2, 0.25) is 0 Å². The van der Waals surface area contributed by atoms with Gasteiger partial charge in [0.2, 0.25) is 5.91 Å². The fourth-order valence-electron chi connectivity index (χ4n) is 2.10. The molecule has 2 rings (SSSR count). The molecule has 0 N–H and O–H groups in total. The van der Waals surface area contributed by atoms with Crippen molar-refractivity contribution in [1.29, 1.82) is 5.26 Å². The van der Waals surface area contributed by atoms with Gasteiger partial charge in [0.15, 0.2) is 0 Å². The monoisotopic (exact) mass is 242 g/mol. The average molecular weight is 242 g/mol. The molecule has 1 aliphatic heterocycles. The van der Waals surface area contributed by atoms with Crippen molar-refractivity contribution in [3.8, 4) is 11.8 Å². The molecule has 0 spiro atoms. The van der Waals surface area contributed by atoms with Crippen LogP contribution in [0.3, 0.4) is 0 Å². The second-order valence-electron chi connectivity index (χ2n) is 4.20. The number of ether oxygens (including phenoxy) is 1. The lowest BCUT2D eigenvalue weighted by molar-refractivity contribution is -0.117. The minimum Gasteiger partial charge on any atom is -0.495 e. The first-order valence-corrected chi connectivity index (χ1v) is 5.70. The molecule has 0 radical (unpaired) electrons. The van der Waals surface area contributed by atoms with E-state index in [0.29, 0.717) is 30.0 Å². The SMILES string of the molecule is C=CC1CC(=O)N(c2ccc(C#N)cc2OC)C1. The first kappa shape index (κ1) is 12.2. The maximum Gasteiger partial charge on any atom is 0.227 e. The molecule has 1 aromatic carbocycles. The molecular formula is C14H14N2O2. The number of anilines is 1. The number of carbonyl (C=O) groups excluding carboxylic acids is 1. The topological polar surface area (TPSA) is 53.3 Å². The van der Waals surface area contributed by atoms with Crippen molar-refractivity contribution in [2.45, 2.75) is 6.42 Å². The van der Waals surface area contributed by atoms with Gasteiger partial charge in [-0.25, -0.2) is 0 Å². The van der Waals surface area contributed by atoms with E-state index in [9.17, 15) is 4.79 Å². The van der Waals surface area contributed by atoms with Crippen LogP contribution in [0.4, 0.5) is 5.69 Å². The number of nitrogens with zero attached hydrogens (tertiary/aromatic N) is 2.